The molecule has 0 amide bonds. The highest BCUT2D eigenvalue weighted by Gasteiger charge is 2.23. The first-order chi connectivity index (χ1) is 8.59. The van der Waals surface area contributed by atoms with Crippen molar-refractivity contribution in [3.8, 4) is 0 Å². The van der Waals surface area contributed by atoms with Crippen molar-refractivity contribution in [2.75, 3.05) is 11.5 Å². The predicted molar refractivity (Wildman–Crippen MR) is 73.1 cm³/mol. The molecule has 0 atom stereocenters. The third-order valence-corrected chi connectivity index (χ3v) is 4.80. The highest BCUT2D eigenvalue weighted by Crippen LogP contribution is 2.29. The Kier molecular flexibility index (Phi) is 4.78. The van der Waals surface area contributed by atoms with E-state index in [1.54, 1.807) is 0 Å². The van der Waals surface area contributed by atoms with Gasteiger partial charge in [-0.25, -0.2) is 8.78 Å². The topological polar surface area (TPSA) is 17.1 Å². The van der Waals surface area contributed by atoms with Gasteiger partial charge in [0.05, 0.1) is 10.0 Å². The zero-order valence-corrected chi connectivity index (χ0v) is 12.1. The lowest BCUT2D eigenvalue weighted by molar-refractivity contribution is 0.0950. The summed E-state index contributed by atoms with van der Waals surface area (Å²) in [5.41, 5.74) is -0.400. The molecule has 1 aliphatic heterocycles. The molecule has 1 nitrogen and oxygen atoms in total. The molecule has 0 aliphatic carbocycles. The van der Waals surface area contributed by atoms with Gasteiger partial charge in [-0.2, -0.15) is 11.8 Å². The van der Waals surface area contributed by atoms with Crippen LogP contribution in [0.1, 0.15) is 29.6 Å². The lowest BCUT2D eigenvalue weighted by Crippen LogP contribution is -2.16. The van der Waals surface area contributed by atoms with Crippen LogP contribution in [0, 0.1) is 17.6 Å². The minimum Gasteiger partial charge on any atom is -0.294 e. The quantitative estimate of drug-likeness (QED) is 0.600. The summed E-state index contributed by atoms with van der Waals surface area (Å²) in [6.07, 6.45) is 2.14. The molecule has 0 bridgehead atoms. The Hall–Kier alpha value is -0.420. The van der Waals surface area contributed by atoms with E-state index in [9.17, 15) is 13.6 Å². The van der Waals surface area contributed by atoms with Gasteiger partial charge >= 0.3 is 0 Å². The minimum absolute atomic E-state index is 0.131. The summed E-state index contributed by atoms with van der Waals surface area (Å²) in [5.74, 6) is 0.332. The van der Waals surface area contributed by atoms with Crippen molar-refractivity contribution in [1.82, 2.24) is 0 Å². The number of thioether (sulfide) groups is 1. The van der Waals surface area contributed by atoms with E-state index in [0.29, 0.717) is 0 Å². The summed E-state index contributed by atoms with van der Waals surface area (Å²) in [7, 11) is 0. The molecule has 1 fully saturated rings. The van der Waals surface area contributed by atoms with Crippen LogP contribution in [0.15, 0.2) is 16.6 Å². The van der Waals surface area contributed by atoms with E-state index in [2.05, 4.69) is 15.9 Å². The van der Waals surface area contributed by atoms with Crippen LogP contribution in [0.5, 0.6) is 0 Å². The van der Waals surface area contributed by atoms with E-state index < -0.39 is 23.0 Å². The van der Waals surface area contributed by atoms with Gasteiger partial charge in [0.2, 0.25) is 0 Å². The summed E-state index contributed by atoms with van der Waals surface area (Å²) >= 11 is 4.84. The molecule has 98 valence electrons. The van der Waals surface area contributed by atoms with E-state index in [1.165, 1.54) is 6.07 Å². The van der Waals surface area contributed by atoms with E-state index in [1.807, 2.05) is 11.8 Å². The van der Waals surface area contributed by atoms with Gasteiger partial charge in [-0.1, -0.05) is 0 Å². The molecule has 0 radical (unpaired) electrons. The van der Waals surface area contributed by atoms with Crippen molar-refractivity contribution in [1.29, 1.82) is 0 Å². The second-order valence-electron chi connectivity index (χ2n) is 4.40. The van der Waals surface area contributed by atoms with E-state index in [0.717, 1.165) is 30.4 Å². The van der Waals surface area contributed by atoms with Crippen LogP contribution in [-0.2, 0) is 0 Å². The molecular formula is C13H13BrF2OS. The number of carbonyl (C=O) groups is 1. The number of halogens is 3. The summed E-state index contributed by atoms with van der Waals surface area (Å²) in [4.78, 5) is 12.0. The first kappa shape index (κ1) is 14.0. The lowest BCUT2D eigenvalue weighted by Gasteiger charge is -2.20. The van der Waals surface area contributed by atoms with Crippen molar-refractivity contribution < 1.29 is 13.6 Å². The molecule has 0 unspecified atom stereocenters. The first-order valence-electron chi connectivity index (χ1n) is 5.84. The standard InChI is InChI=1S/C13H13BrF2OS/c14-9-1-2-10(15)12(13(9)16)11(17)7-8-3-5-18-6-4-8/h1-2,8H,3-7H2. The Balaban J connectivity index is 2.15. The summed E-state index contributed by atoms with van der Waals surface area (Å²) in [5, 5.41) is 0. The van der Waals surface area contributed by atoms with Gasteiger partial charge < -0.3 is 0 Å². The predicted octanol–water partition coefficient (Wildman–Crippen LogP) is 4.44. The maximum Gasteiger partial charge on any atom is 0.169 e. The van der Waals surface area contributed by atoms with Crippen LogP contribution < -0.4 is 0 Å². The van der Waals surface area contributed by atoms with Gasteiger partial charge in [0.15, 0.2) is 11.6 Å². The zero-order chi connectivity index (χ0) is 13.1. The van der Waals surface area contributed by atoms with Crippen LogP contribution in [0.3, 0.4) is 0 Å². The van der Waals surface area contributed by atoms with Crippen molar-refractivity contribution in [2.45, 2.75) is 19.3 Å². The fraction of sp³-hybridized carbons (Fsp3) is 0.462. The number of Topliss-reactive ketones (excluding diaryl/α,β-unsaturated/α-hetero) is 1. The average Bonchev–Trinajstić information content (AvgIpc) is 2.36. The number of ketones is 1. The molecule has 0 saturated carbocycles. The van der Waals surface area contributed by atoms with Crippen molar-refractivity contribution in [3.05, 3.63) is 33.8 Å². The van der Waals surface area contributed by atoms with Crippen LogP contribution >= 0.6 is 27.7 Å². The highest BCUT2D eigenvalue weighted by molar-refractivity contribution is 9.10. The van der Waals surface area contributed by atoms with Crippen molar-refractivity contribution in [2.24, 2.45) is 5.92 Å². The van der Waals surface area contributed by atoms with Gasteiger partial charge in [0.25, 0.3) is 0 Å². The molecular weight excluding hydrogens is 322 g/mol. The molecule has 5 heteroatoms. The maximum absolute atomic E-state index is 13.8. The van der Waals surface area contributed by atoms with E-state index >= 15 is 0 Å². The monoisotopic (exact) mass is 334 g/mol. The third-order valence-electron chi connectivity index (χ3n) is 3.14. The number of benzene rings is 1. The molecule has 2 rings (SSSR count). The molecule has 1 aromatic rings. The second kappa shape index (κ2) is 6.15. The molecule has 0 aromatic heterocycles. The van der Waals surface area contributed by atoms with Crippen LogP contribution in [0.4, 0.5) is 8.78 Å². The van der Waals surface area contributed by atoms with E-state index in [-0.39, 0.29) is 16.8 Å². The van der Waals surface area contributed by atoms with Gasteiger partial charge in [-0.3, -0.25) is 4.79 Å². The Bertz CT molecular complexity index is 459. The molecule has 0 N–H and O–H groups in total. The number of carbonyl (C=O) groups excluding carboxylic acids is 1. The normalized spacial score (nSPS) is 16.8. The van der Waals surface area contributed by atoms with E-state index in [4.69, 9.17) is 0 Å². The fourth-order valence-electron chi connectivity index (χ4n) is 2.10. The third kappa shape index (κ3) is 3.12. The summed E-state index contributed by atoms with van der Waals surface area (Å²) in [6, 6.07) is 2.40. The molecule has 18 heavy (non-hydrogen) atoms. The van der Waals surface area contributed by atoms with Crippen LogP contribution in [-0.4, -0.2) is 17.3 Å². The smallest absolute Gasteiger partial charge is 0.169 e. The molecule has 0 spiro atoms. The Morgan fingerprint density at radius 3 is 2.67 bits per heavy atom. The fourth-order valence-corrected chi connectivity index (χ4v) is 3.63. The largest absolute Gasteiger partial charge is 0.294 e. The molecule has 1 saturated heterocycles. The number of hydrogen-bond acceptors (Lipinski definition) is 2. The number of rotatable bonds is 3. The lowest BCUT2D eigenvalue weighted by atomic mass is 9.93. The summed E-state index contributed by atoms with van der Waals surface area (Å²) < 4.78 is 27.4. The van der Waals surface area contributed by atoms with Crippen molar-refractivity contribution >= 4 is 33.5 Å². The van der Waals surface area contributed by atoms with Crippen LogP contribution in [0.25, 0.3) is 0 Å². The molecule has 1 heterocycles. The Labute approximate surface area is 117 Å². The molecule has 1 aromatic carbocycles. The first-order valence-corrected chi connectivity index (χ1v) is 7.79. The van der Waals surface area contributed by atoms with Crippen LogP contribution in [0.2, 0.25) is 0 Å². The SMILES string of the molecule is O=C(CC1CCSCC1)c1c(F)ccc(Br)c1F. The number of hydrogen-bond donors (Lipinski definition) is 0. The maximum atomic E-state index is 13.8. The minimum atomic E-state index is -0.787. The van der Waals surface area contributed by atoms with Gasteiger partial charge in [0.1, 0.15) is 5.82 Å². The molecule has 1 aliphatic rings. The Morgan fingerprint density at radius 2 is 2.00 bits per heavy atom. The van der Waals surface area contributed by atoms with Gasteiger partial charge in [-0.15, -0.1) is 0 Å². The highest BCUT2D eigenvalue weighted by atomic mass is 79.9. The van der Waals surface area contributed by atoms with Gasteiger partial charge in [-0.05, 0) is 58.3 Å². The second-order valence-corrected chi connectivity index (χ2v) is 6.48. The van der Waals surface area contributed by atoms with Gasteiger partial charge in [0, 0.05) is 6.42 Å². The van der Waals surface area contributed by atoms with Crippen molar-refractivity contribution in [3.63, 3.8) is 0 Å². The average molecular weight is 335 g/mol. The Morgan fingerprint density at radius 1 is 1.33 bits per heavy atom. The zero-order valence-electron chi connectivity index (χ0n) is 9.72. The summed E-state index contributed by atoms with van der Waals surface area (Å²) in [6.45, 7) is 0.